The second kappa shape index (κ2) is 6.20. The van der Waals surface area contributed by atoms with Gasteiger partial charge in [0.05, 0.1) is 0 Å². The van der Waals surface area contributed by atoms with Crippen LogP contribution < -0.4 is 10.6 Å². The van der Waals surface area contributed by atoms with Crippen LogP contribution in [-0.2, 0) is 4.74 Å². The van der Waals surface area contributed by atoms with Crippen molar-refractivity contribution in [3.63, 3.8) is 0 Å². The Morgan fingerprint density at radius 3 is 2.41 bits per heavy atom. The molecule has 1 saturated carbocycles. The van der Waals surface area contributed by atoms with Crippen molar-refractivity contribution in [2.75, 3.05) is 0 Å². The van der Waals surface area contributed by atoms with E-state index < -0.39 is 29.4 Å². The lowest BCUT2D eigenvalue weighted by Gasteiger charge is -2.20. The highest BCUT2D eigenvalue weighted by Crippen LogP contribution is 2.28. The molecule has 3 atom stereocenters. The maximum atomic E-state index is 13.7. The lowest BCUT2D eigenvalue weighted by molar-refractivity contribution is 0.0522. The summed E-state index contributed by atoms with van der Waals surface area (Å²) >= 11 is 0. The van der Waals surface area contributed by atoms with Gasteiger partial charge in [-0.05, 0) is 46.2 Å². The molecular formula is C16H22F2N2O2. The zero-order valence-electron chi connectivity index (χ0n) is 13.2. The van der Waals surface area contributed by atoms with Gasteiger partial charge >= 0.3 is 6.09 Å². The highest BCUT2D eigenvalue weighted by molar-refractivity contribution is 5.68. The van der Waals surface area contributed by atoms with Gasteiger partial charge in [0.25, 0.3) is 0 Å². The first-order valence-corrected chi connectivity index (χ1v) is 7.37. The van der Waals surface area contributed by atoms with Gasteiger partial charge in [-0.25, -0.2) is 13.6 Å². The van der Waals surface area contributed by atoms with E-state index in [0.717, 1.165) is 0 Å². The number of halogens is 2. The third kappa shape index (κ3) is 4.40. The smallest absolute Gasteiger partial charge is 0.407 e. The lowest BCUT2D eigenvalue weighted by atomic mass is 10.1. The summed E-state index contributed by atoms with van der Waals surface area (Å²) in [5.41, 5.74) is -0.531. The molecule has 1 aliphatic carbocycles. The number of hydrogen-bond acceptors (Lipinski definition) is 3. The monoisotopic (exact) mass is 312 g/mol. The number of nitrogens with one attached hydrogen (secondary N) is 2. The van der Waals surface area contributed by atoms with Gasteiger partial charge in [0, 0.05) is 23.7 Å². The standard InChI is InChI=1S/C16H22F2N2O2/c1-9(14-10(17)6-5-7-11(14)18)19-12-8-13(12)20-15(21)22-16(2,3)4/h5-7,9,12-13,19H,8H2,1-4H3,(H,20,21). The van der Waals surface area contributed by atoms with E-state index in [1.54, 1.807) is 27.7 Å². The Bertz CT molecular complexity index is 537. The Morgan fingerprint density at radius 2 is 1.86 bits per heavy atom. The van der Waals surface area contributed by atoms with Crippen molar-refractivity contribution in [2.45, 2.75) is 57.8 Å². The maximum absolute atomic E-state index is 13.7. The molecule has 0 aliphatic heterocycles. The van der Waals surface area contributed by atoms with E-state index in [4.69, 9.17) is 4.74 Å². The van der Waals surface area contributed by atoms with Crippen LogP contribution in [0, 0.1) is 11.6 Å². The number of rotatable bonds is 4. The first-order chi connectivity index (χ1) is 10.2. The predicted molar refractivity (Wildman–Crippen MR) is 79.5 cm³/mol. The minimum atomic E-state index is -0.572. The molecule has 1 aromatic carbocycles. The van der Waals surface area contributed by atoms with E-state index in [0.29, 0.717) is 6.42 Å². The highest BCUT2D eigenvalue weighted by Gasteiger charge is 2.40. The van der Waals surface area contributed by atoms with Gasteiger partial charge in [-0.15, -0.1) is 0 Å². The summed E-state index contributed by atoms with van der Waals surface area (Å²) < 4.78 is 32.6. The number of carbonyl (C=O) groups is 1. The second-order valence-electron chi connectivity index (χ2n) is 6.62. The fourth-order valence-electron chi connectivity index (χ4n) is 2.33. The molecule has 122 valence electrons. The number of benzene rings is 1. The van der Waals surface area contributed by atoms with Crippen molar-refractivity contribution in [3.05, 3.63) is 35.4 Å². The Labute approximate surface area is 129 Å². The van der Waals surface area contributed by atoms with Gasteiger partial charge in [-0.3, -0.25) is 0 Å². The number of amides is 1. The van der Waals surface area contributed by atoms with Crippen LogP contribution in [0.25, 0.3) is 0 Å². The maximum Gasteiger partial charge on any atom is 0.407 e. The molecule has 4 nitrogen and oxygen atoms in total. The predicted octanol–water partition coefficient (Wildman–Crippen LogP) is 3.28. The summed E-state index contributed by atoms with van der Waals surface area (Å²) in [6.07, 6.45) is 0.228. The van der Waals surface area contributed by atoms with Gasteiger partial charge in [0.2, 0.25) is 0 Å². The van der Waals surface area contributed by atoms with Crippen molar-refractivity contribution >= 4 is 6.09 Å². The zero-order chi connectivity index (χ0) is 16.5. The number of hydrogen-bond donors (Lipinski definition) is 2. The minimum absolute atomic E-state index is 0.0125. The van der Waals surface area contributed by atoms with Crippen LogP contribution in [0.2, 0.25) is 0 Å². The topological polar surface area (TPSA) is 50.4 Å². The first-order valence-electron chi connectivity index (χ1n) is 7.37. The normalized spacial score (nSPS) is 22.1. The van der Waals surface area contributed by atoms with Gasteiger partial charge < -0.3 is 15.4 Å². The van der Waals surface area contributed by atoms with Crippen LogP contribution >= 0.6 is 0 Å². The molecule has 3 unspecified atom stereocenters. The molecule has 0 bridgehead atoms. The Morgan fingerprint density at radius 1 is 1.27 bits per heavy atom. The second-order valence-corrected chi connectivity index (χ2v) is 6.62. The Balaban J connectivity index is 1.85. The molecule has 1 fully saturated rings. The van der Waals surface area contributed by atoms with Crippen LogP contribution in [0.15, 0.2) is 18.2 Å². The molecule has 0 radical (unpaired) electrons. The molecule has 6 heteroatoms. The number of ether oxygens (including phenoxy) is 1. The third-order valence-electron chi connectivity index (χ3n) is 3.39. The molecule has 0 spiro atoms. The van der Waals surface area contributed by atoms with E-state index >= 15 is 0 Å². The summed E-state index contributed by atoms with van der Waals surface area (Å²) in [6.45, 7) is 7.07. The first kappa shape index (κ1) is 16.7. The van der Waals surface area contributed by atoms with Crippen molar-refractivity contribution in [3.8, 4) is 0 Å². The SMILES string of the molecule is CC(NC1CC1NC(=O)OC(C)(C)C)c1c(F)cccc1F. The van der Waals surface area contributed by atoms with Gasteiger partial charge in [0.1, 0.15) is 17.2 Å². The van der Waals surface area contributed by atoms with Crippen LogP contribution in [0.4, 0.5) is 13.6 Å². The zero-order valence-corrected chi connectivity index (χ0v) is 13.2. The van der Waals surface area contributed by atoms with Crippen molar-refractivity contribution in [2.24, 2.45) is 0 Å². The van der Waals surface area contributed by atoms with Crippen LogP contribution in [0.5, 0.6) is 0 Å². The average Bonchev–Trinajstić information content (AvgIpc) is 3.03. The molecule has 0 heterocycles. The Hall–Kier alpha value is -1.69. The number of alkyl carbamates (subject to hydrolysis) is 1. The molecule has 0 aromatic heterocycles. The largest absolute Gasteiger partial charge is 0.444 e. The molecule has 22 heavy (non-hydrogen) atoms. The minimum Gasteiger partial charge on any atom is -0.444 e. The molecule has 2 N–H and O–H groups in total. The van der Waals surface area contributed by atoms with E-state index in [1.807, 2.05) is 0 Å². The molecule has 1 aliphatic rings. The summed E-state index contributed by atoms with van der Waals surface area (Å²) in [7, 11) is 0. The van der Waals surface area contributed by atoms with Crippen LogP contribution in [-0.4, -0.2) is 23.8 Å². The van der Waals surface area contributed by atoms with Crippen molar-refractivity contribution in [1.29, 1.82) is 0 Å². The molecular weight excluding hydrogens is 290 g/mol. The van der Waals surface area contributed by atoms with Crippen molar-refractivity contribution in [1.82, 2.24) is 10.6 Å². The van der Waals surface area contributed by atoms with E-state index in [9.17, 15) is 13.6 Å². The molecule has 1 amide bonds. The van der Waals surface area contributed by atoms with Crippen molar-refractivity contribution < 1.29 is 18.3 Å². The van der Waals surface area contributed by atoms with Gasteiger partial charge in [-0.2, -0.15) is 0 Å². The third-order valence-corrected chi connectivity index (χ3v) is 3.39. The highest BCUT2D eigenvalue weighted by atomic mass is 19.1. The fraction of sp³-hybridized carbons (Fsp3) is 0.562. The van der Waals surface area contributed by atoms with E-state index in [1.165, 1.54) is 18.2 Å². The van der Waals surface area contributed by atoms with Gasteiger partial charge in [-0.1, -0.05) is 6.07 Å². The molecule has 0 saturated heterocycles. The van der Waals surface area contributed by atoms with Crippen LogP contribution in [0.1, 0.15) is 45.7 Å². The number of carbonyl (C=O) groups excluding carboxylic acids is 1. The Kier molecular flexibility index (Phi) is 4.70. The quantitative estimate of drug-likeness (QED) is 0.897. The van der Waals surface area contributed by atoms with E-state index in [2.05, 4.69) is 10.6 Å². The lowest BCUT2D eigenvalue weighted by Crippen LogP contribution is -2.37. The summed E-state index contributed by atoms with van der Waals surface area (Å²) in [4.78, 5) is 11.6. The van der Waals surface area contributed by atoms with Crippen LogP contribution in [0.3, 0.4) is 0 Å². The van der Waals surface area contributed by atoms with Gasteiger partial charge in [0.15, 0.2) is 0 Å². The summed E-state index contributed by atoms with van der Waals surface area (Å²) in [6, 6.07) is 3.25. The molecule has 2 rings (SSSR count). The van der Waals surface area contributed by atoms with E-state index in [-0.39, 0.29) is 17.6 Å². The average molecular weight is 312 g/mol. The summed E-state index contributed by atoms with van der Waals surface area (Å²) in [5, 5.41) is 5.86. The summed E-state index contributed by atoms with van der Waals surface area (Å²) in [5.74, 6) is -1.14. The fourth-order valence-corrected chi connectivity index (χ4v) is 2.33. The molecule has 1 aromatic rings.